The lowest BCUT2D eigenvalue weighted by molar-refractivity contribution is -0.0184. The molecule has 1 atom stereocenters. The Morgan fingerprint density at radius 2 is 2.33 bits per heavy atom. The van der Waals surface area contributed by atoms with Gasteiger partial charge in [-0.2, -0.15) is 0 Å². The van der Waals surface area contributed by atoms with Gasteiger partial charge in [-0.05, 0) is 38.4 Å². The molecule has 0 aromatic carbocycles. The second kappa shape index (κ2) is 5.43. The van der Waals surface area contributed by atoms with Gasteiger partial charge in [-0.1, -0.05) is 11.6 Å². The fourth-order valence-corrected chi connectivity index (χ4v) is 2.57. The molecule has 1 unspecified atom stereocenters. The van der Waals surface area contributed by atoms with Crippen LogP contribution in [0.15, 0.2) is 12.1 Å². The number of halogens is 1. The van der Waals surface area contributed by atoms with E-state index in [1.807, 2.05) is 26.1 Å². The number of nitrogens with zero attached hydrogens (tertiary/aromatic N) is 2. The third-order valence-electron chi connectivity index (χ3n) is 3.30. The van der Waals surface area contributed by atoms with Crippen LogP contribution in [-0.2, 0) is 6.54 Å². The number of hydrogen-bond acceptors (Lipinski definition) is 4. The van der Waals surface area contributed by atoms with Gasteiger partial charge in [0.15, 0.2) is 0 Å². The Balaban J connectivity index is 2.09. The molecule has 2 rings (SSSR count). The minimum atomic E-state index is -0.592. The number of aromatic nitrogens is 1. The largest absolute Gasteiger partial charge is 0.389 e. The van der Waals surface area contributed by atoms with E-state index in [0.29, 0.717) is 18.1 Å². The summed E-state index contributed by atoms with van der Waals surface area (Å²) >= 11 is 6.16. The first-order valence-corrected chi connectivity index (χ1v) is 6.66. The molecule has 1 aromatic heterocycles. The summed E-state index contributed by atoms with van der Waals surface area (Å²) in [4.78, 5) is 6.67. The molecular formula is C13H20ClN3O. The third-order valence-corrected chi connectivity index (χ3v) is 3.65. The summed E-state index contributed by atoms with van der Waals surface area (Å²) in [7, 11) is 1.84. The number of β-amino-alcohol motifs (C(OH)–C–C–N with tert-alkyl or cyclic N) is 1. The zero-order valence-electron chi connectivity index (χ0n) is 10.9. The second-order valence-electron chi connectivity index (χ2n) is 5.19. The maximum atomic E-state index is 10.1. The minimum Gasteiger partial charge on any atom is -0.389 e. The Morgan fingerprint density at radius 1 is 1.56 bits per heavy atom. The molecule has 1 fully saturated rings. The van der Waals surface area contributed by atoms with Crippen molar-refractivity contribution < 1.29 is 5.11 Å². The van der Waals surface area contributed by atoms with Crippen LogP contribution in [0.4, 0.5) is 5.82 Å². The highest BCUT2D eigenvalue weighted by molar-refractivity contribution is 6.31. The monoisotopic (exact) mass is 269 g/mol. The van der Waals surface area contributed by atoms with Crippen molar-refractivity contribution in [3.05, 3.63) is 22.8 Å². The van der Waals surface area contributed by atoms with Crippen LogP contribution in [0.3, 0.4) is 0 Å². The van der Waals surface area contributed by atoms with Gasteiger partial charge in [-0.15, -0.1) is 0 Å². The number of anilines is 1. The van der Waals surface area contributed by atoms with Crippen LogP contribution in [0, 0.1) is 0 Å². The number of nitrogens with one attached hydrogen (secondary N) is 1. The van der Waals surface area contributed by atoms with E-state index in [1.165, 1.54) is 0 Å². The Bertz CT molecular complexity index is 423. The summed E-state index contributed by atoms with van der Waals surface area (Å²) < 4.78 is 0. The molecule has 0 saturated carbocycles. The van der Waals surface area contributed by atoms with Gasteiger partial charge in [-0.3, -0.25) is 4.90 Å². The van der Waals surface area contributed by atoms with E-state index in [4.69, 9.17) is 11.6 Å². The Morgan fingerprint density at radius 3 is 3.00 bits per heavy atom. The van der Waals surface area contributed by atoms with Crippen molar-refractivity contribution in [2.45, 2.75) is 31.9 Å². The standard InChI is InChI=1S/C13H20ClN3O/c1-13(18)6-3-7-17(9-13)8-11-10(14)4-5-12(15-2)16-11/h4-5,18H,3,6-9H2,1-2H3,(H,15,16). The number of rotatable bonds is 3. The zero-order chi connectivity index (χ0) is 13.2. The van der Waals surface area contributed by atoms with Gasteiger partial charge in [0.1, 0.15) is 5.82 Å². The van der Waals surface area contributed by atoms with E-state index in [1.54, 1.807) is 0 Å². The van der Waals surface area contributed by atoms with Crippen LogP contribution in [0.1, 0.15) is 25.5 Å². The van der Waals surface area contributed by atoms with Crippen LogP contribution in [-0.4, -0.2) is 40.7 Å². The molecule has 0 aliphatic carbocycles. The highest BCUT2D eigenvalue weighted by Crippen LogP contribution is 2.24. The zero-order valence-corrected chi connectivity index (χ0v) is 11.7. The van der Waals surface area contributed by atoms with Crippen LogP contribution < -0.4 is 5.32 Å². The SMILES string of the molecule is CNc1ccc(Cl)c(CN2CCCC(C)(O)C2)n1. The van der Waals surface area contributed by atoms with E-state index in [0.717, 1.165) is 30.9 Å². The molecule has 0 bridgehead atoms. The van der Waals surface area contributed by atoms with Crippen LogP contribution in [0.2, 0.25) is 5.02 Å². The van der Waals surface area contributed by atoms with Gasteiger partial charge in [0, 0.05) is 20.1 Å². The molecule has 0 radical (unpaired) electrons. The lowest BCUT2D eigenvalue weighted by Crippen LogP contribution is -2.45. The first-order chi connectivity index (χ1) is 8.50. The van der Waals surface area contributed by atoms with Gasteiger partial charge in [-0.25, -0.2) is 4.98 Å². The van der Waals surface area contributed by atoms with Gasteiger partial charge < -0.3 is 10.4 Å². The molecule has 1 aliphatic rings. The van der Waals surface area contributed by atoms with Gasteiger partial charge in [0.05, 0.1) is 16.3 Å². The number of likely N-dealkylation sites (tertiary alicyclic amines) is 1. The van der Waals surface area contributed by atoms with E-state index in [-0.39, 0.29) is 0 Å². The molecule has 4 nitrogen and oxygen atoms in total. The summed E-state index contributed by atoms with van der Waals surface area (Å²) in [5.74, 6) is 0.818. The van der Waals surface area contributed by atoms with Gasteiger partial charge >= 0.3 is 0 Å². The quantitative estimate of drug-likeness (QED) is 0.883. The predicted octanol–water partition coefficient (Wildman–Crippen LogP) is 2.12. The highest BCUT2D eigenvalue weighted by atomic mass is 35.5. The maximum Gasteiger partial charge on any atom is 0.126 e. The van der Waals surface area contributed by atoms with E-state index < -0.39 is 5.60 Å². The fraction of sp³-hybridized carbons (Fsp3) is 0.615. The number of hydrogen-bond donors (Lipinski definition) is 2. The lowest BCUT2D eigenvalue weighted by Gasteiger charge is -2.36. The van der Waals surface area contributed by atoms with Crippen molar-refractivity contribution in [2.24, 2.45) is 0 Å². The normalized spacial score (nSPS) is 25.1. The molecule has 1 aliphatic heterocycles. The topological polar surface area (TPSA) is 48.4 Å². The molecule has 1 aromatic rings. The van der Waals surface area contributed by atoms with E-state index >= 15 is 0 Å². The van der Waals surface area contributed by atoms with Crippen LogP contribution >= 0.6 is 11.6 Å². The molecule has 0 amide bonds. The number of aliphatic hydroxyl groups is 1. The first-order valence-electron chi connectivity index (χ1n) is 6.28. The fourth-order valence-electron chi connectivity index (χ4n) is 2.40. The summed E-state index contributed by atoms with van der Waals surface area (Å²) in [6, 6.07) is 3.72. The summed E-state index contributed by atoms with van der Waals surface area (Å²) in [5.41, 5.74) is 0.270. The van der Waals surface area contributed by atoms with Crippen LogP contribution in [0.25, 0.3) is 0 Å². The lowest BCUT2D eigenvalue weighted by atomic mass is 9.95. The second-order valence-corrected chi connectivity index (χ2v) is 5.59. The summed E-state index contributed by atoms with van der Waals surface area (Å²) in [5, 5.41) is 13.8. The molecular weight excluding hydrogens is 250 g/mol. The van der Waals surface area contributed by atoms with Gasteiger partial charge in [0.25, 0.3) is 0 Å². The van der Waals surface area contributed by atoms with Crippen molar-refractivity contribution in [1.29, 1.82) is 0 Å². The summed E-state index contributed by atoms with van der Waals surface area (Å²) in [6.45, 7) is 4.23. The Labute approximate surface area is 113 Å². The Kier molecular flexibility index (Phi) is 4.10. The Hall–Kier alpha value is -0.840. The average Bonchev–Trinajstić information content (AvgIpc) is 2.31. The van der Waals surface area contributed by atoms with E-state index in [9.17, 15) is 5.11 Å². The average molecular weight is 270 g/mol. The molecule has 100 valence electrons. The van der Waals surface area contributed by atoms with Crippen molar-refractivity contribution in [1.82, 2.24) is 9.88 Å². The molecule has 18 heavy (non-hydrogen) atoms. The molecule has 0 spiro atoms. The maximum absolute atomic E-state index is 10.1. The smallest absolute Gasteiger partial charge is 0.126 e. The van der Waals surface area contributed by atoms with Gasteiger partial charge in [0.2, 0.25) is 0 Å². The summed E-state index contributed by atoms with van der Waals surface area (Å²) in [6.07, 6.45) is 1.87. The number of piperidine rings is 1. The highest BCUT2D eigenvalue weighted by Gasteiger charge is 2.28. The van der Waals surface area contributed by atoms with Crippen molar-refractivity contribution >= 4 is 17.4 Å². The third kappa shape index (κ3) is 3.34. The number of pyridine rings is 1. The van der Waals surface area contributed by atoms with Crippen molar-refractivity contribution in [3.8, 4) is 0 Å². The predicted molar refractivity (Wildman–Crippen MR) is 73.9 cm³/mol. The first kappa shape index (κ1) is 13.6. The molecule has 5 heteroatoms. The molecule has 2 N–H and O–H groups in total. The van der Waals surface area contributed by atoms with E-state index in [2.05, 4.69) is 15.2 Å². The molecule has 1 saturated heterocycles. The minimum absolute atomic E-state index is 0.592. The van der Waals surface area contributed by atoms with Crippen molar-refractivity contribution in [2.75, 3.05) is 25.5 Å². The van der Waals surface area contributed by atoms with Crippen molar-refractivity contribution in [3.63, 3.8) is 0 Å². The molecule has 2 heterocycles. The van der Waals surface area contributed by atoms with Crippen LogP contribution in [0.5, 0.6) is 0 Å².